The summed E-state index contributed by atoms with van der Waals surface area (Å²) in [5, 5.41) is 5.01. The highest BCUT2D eigenvalue weighted by Gasteiger charge is 2.41. The quantitative estimate of drug-likeness (QED) is 0.193. The van der Waals surface area contributed by atoms with E-state index >= 15 is 0 Å². The summed E-state index contributed by atoms with van der Waals surface area (Å²) < 4.78 is 60.8. The summed E-state index contributed by atoms with van der Waals surface area (Å²) >= 11 is 0. The Morgan fingerprint density at radius 2 is 1.66 bits per heavy atom. The number of hydrogen-bond acceptors (Lipinski definition) is 6. The number of hydrogen-bond donors (Lipinski definition) is 2. The molecule has 0 spiro atoms. The molecule has 9 nitrogen and oxygen atoms in total. The normalized spacial score (nSPS) is 18.3. The second kappa shape index (κ2) is 13.8. The SMILES string of the molecule is O=C(Nc1ccc(N2CCN(C(=O)Nc3ccccc3F)CC2)nc1)c1oc(CCC2CCC(c3ccccc3)C2)nc1C(F)(F)F. The van der Waals surface area contributed by atoms with Crippen LogP contribution in [-0.2, 0) is 12.6 Å². The van der Waals surface area contributed by atoms with E-state index in [1.54, 1.807) is 17.0 Å². The lowest BCUT2D eigenvalue weighted by atomic mass is 9.95. The molecule has 2 aromatic carbocycles. The first-order valence-electron chi connectivity index (χ1n) is 15.6. The van der Waals surface area contributed by atoms with Crippen molar-refractivity contribution in [3.8, 4) is 0 Å². The number of carbonyl (C=O) groups excluding carboxylic acids is 2. The first-order valence-corrected chi connectivity index (χ1v) is 15.6. The number of urea groups is 1. The van der Waals surface area contributed by atoms with Crippen LogP contribution in [0.15, 0.2) is 77.3 Å². The highest BCUT2D eigenvalue weighted by Crippen LogP contribution is 2.40. The fraction of sp³-hybridized carbons (Fsp3) is 0.353. The molecule has 3 amide bonds. The first-order chi connectivity index (χ1) is 22.6. The summed E-state index contributed by atoms with van der Waals surface area (Å²) in [5.41, 5.74) is 0.215. The lowest BCUT2D eigenvalue weighted by Crippen LogP contribution is -2.50. The van der Waals surface area contributed by atoms with Gasteiger partial charge < -0.3 is 24.9 Å². The number of oxazole rings is 1. The molecule has 6 rings (SSSR count). The summed E-state index contributed by atoms with van der Waals surface area (Å²) in [7, 11) is 0. The van der Waals surface area contributed by atoms with Crippen LogP contribution in [0.25, 0.3) is 0 Å². The molecule has 47 heavy (non-hydrogen) atoms. The van der Waals surface area contributed by atoms with Crippen LogP contribution in [-0.4, -0.2) is 53.0 Å². The van der Waals surface area contributed by atoms with Crippen molar-refractivity contribution in [1.82, 2.24) is 14.9 Å². The van der Waals surface area contributed by atoms with E-state index in [4.69, 9.17) is 4.42 Å². The van der Waals surface area contributed by atoms with Gasteiger partial charge in [0, 0.05) is 32.6 Å². The summed E-state index contributed by atoms with van der Waals surface area (Å²) in [4.78, 5) is 37.0. The van der Waals surface area contributed by atoms with Crippen molar-refractivity contribution in [2.24, 2.45) is 5.92 Å². The van der Waals surface area contributed by atoms with Crippen molar-refractivity contribution in [3.05, 3.63) is 102 Å². The molecule has 2 fully saturated rings. The fourth-order valence-electron chi connectivity index (χ4n) is 6.24. The number of para-hydroxylation sites is 1. The average Bonchev–Trinajstić information content (AvgIpc) is 3.74. The first kappa shape index (κ1) is 32.0. The molecule has 2 N–H and O–H groups in total. The molecular weight excluding hydrogens is 616 g/mol. The van der Waals surface area contributed by atoms with Crippen molar-refractivity contribution in [3.63, 3.8) is 0 Å². The molecule has 3 heterocycles. The van der Waals surface area contributed by atoms with Crippen LogP contribution in [0.2, 0.25) is 0 Å². The van der Waals surface area contributed by atoms with Crippen molar-refractivity contribution < 1.29 is 31.6 Å². The fourth-order valence-corrected chi connectivity index (χ4v) is 6.24. The van der Waals surface area contributed by atoms with Crippen LogP contribution in [0, 0.1) is 11.7 Å². The van der Waals surface area contributed by atoms with E-state index in [2.05, 4.69) is 32.7 Å². The standard InChI is InChI=1S/C34H34F4N6O3/c35-26-8-4-5-9-27(26)41-33(46)44-18-16-43(17-19-44)28-14-13-25(21-39-28)40-32(45)30-31(34(36,37)38)42-29(47-30)15-11-22-10-12-24(20-22)23-6-2-1-3-7-23/h1-9,13-14,21-22,24H,10-12,15-20H2,(H,40,45)(H,41,46). The van der Waals surface area contributed by atoms with Crippen LogP contribution in [0.5, 0.6) is 0 Å². The van der Waals surface area contributed by atoms with Gasteiger partial charge in [0.25, 0.3) is 5.91 Å². The maximum Gasteiger partial charge on any atom is 0.437 e. The lowest BCUT2D eigenvalue weighted by molar-refractivity contribution is -0.141. The molecule has 4 aromatic rings. The Kier molecular flexibility index (Phi) is 9.41. The van der Waals surface area contributed by atoms with Gasteiger partial charge in [-0.1, -0.05) is 42.5 Å². The third kappa shape index (κ3) is 7.72. The third-order valence-corrected chi connectivity index (χ3v) is 8.74. The van der Waals surface area contributed by atoms with Gasteiger partial charge in [0.05, 0.1) is 17.6 Å². The van der Waals surface area contributed by atoms with E-state index in [-0.39, 0.29) is 23.7 Å². The second-order valence-corrected chi connectivity index (χ2v) is 11.9. The topological polar surface area (TPSA) is 104 Å². The molecule has 2 aliphatic rings. The van der Waals surface area contributed by atoms with Crippen molar-refractivity contribution >= 4 is 29.1 Å². The number of alkyl halides is 3. The largest absolute Gasteiger partial charge is 0.437 e. The Balaban J connectivity index is 1.02. The van der Waals surface area contributed by atoms with Gasteiger partial charge in [-0.15, -0.1) is 0 Å². The number of aromatic nitrogens is 2. The highest BCUT2D eigenvalue weighted by molar-refractivity contribution is 6.03. The van der Waals surface area contributed by atoms with Gasteiger partial charge in [0.2, 0.25) is 5.76 Å². The van der Waals surface area contributed by atoms with Crippen molar-refractivity contribution in [2.75, 3.05) is 41.7 Å². The monoisotopic (exact) mass is 650 g/mol. The van der Waals surface area contributed by atoms with Gasteiger partial charge in [0.15, 0.2) is 11.6 Å². The number of benzene rings is 2. The van der Waals surface area contributed by atoms with Gasteiger partial charge in [-0.25, -0.2) is 19.2 Å². The van der Waals surface area contributed by atoms with E-state index in [0.29, 0.717) is 50.3 Å². The number of pyridine rings is 1. The van der Waals surface area contributed by atoms with Gasteiger partial charge >= 0.3 is 12.2 Å². The molecule has 2 atom stereocenters. The average molecular weight is 651 g/mol. The Morgan fingerprint density at radius 3 is 2.36 bits per heavy atom. The van der Waals surface area contributed by atoms with Crippen LogP contribution in [0.3, 0.4) is 0 Å². The number of nitrogens with one attached hydrogen (secondary N) is 2. The van der Waals surface area contributed by atoms with Gasteiger partial charge in [-0.2, -0.15) is 13.2 Å². The van der Waals surface area contributed by atoms with E-state index in [9.17, 15) is 27.2 Å². The van der Waals surface area contributed by atoms with E-state index in [1.807, 2.05) is 23.1 Å². The Morgan fingerprint density at radius 1 is 0.915 bits per heavy atom. The van der Waals surface area contributed by atoms with E-state index in [0.717, 1.165) is 19.3 Å². The summed E-state index contributed by atoms with van der Waals surface area (Å²) in [5.74, 6) is -1.24. The molecule has 0 radical (unpaired) electrons. The number of amides is 3. The Bertz CT molecular complexity index is 1690. The Labute approximate surface area is 269 Å². The minimum absolute atomic E-state index is 0.101. The smallest absolute Gasteiger partial charge is 0.435 e. The summed E-state index contributed by atoms with van der Waals surface area (Å²) in [6.45, 7) is 1.63. The predicted octanol–water partition coefficient (Wildman–Crippen LogP) is 7.35. The van der Waals surface area contributed by atoms with Gasteiger partial charge in [-0.3, -0.25) is 4.79 Å². The minimum Gasteiger partial charge on any atom is -0.435 e. The highest BCUT2D eigenvalue weighted by atomic mass is 19.4. The zero-order valence-corrected chi connectivity index (χ0v) is 25.5. The van der Waals surface area contributed by atoms with Crippen LogP contribution >= 0.6 is 0 Å². The molecule has 246 valence electrons. The molecule has 2 unspecified atom stereocenters. The molecule has 0 bridgehead atoms. The molecule has 1 saturated carbocycles. The molecule has 1 saturated heterocycles. The molecule has 1 aliphatic carbocycles. The van der Waals surface area contributed by atoms with Crippen LogP contribution in [0.4, 0.5) is 39.5 Å². The summed E-state index contributed by atoms with van der Waals surface area (Å²) in [6, 6.07) is 18.9. The number of nitrogens with zero attached hydrogens (tertiary/aromatic N) is 4. The number of piperazine rings is 1. The van der Waals surface area contributed by atoms with Gasteiger partial charge in [-0.05, 0) is 67.3 Å². The maximum atomic E-state index is 13.9. The van der Waals surface area contributed by atoms with Crippen LogP contribution < -0.4 is 15.5 Å². The van der Waals surface area contributed by atoms with Crippen molar-refractivity contribution in [2.45, 2.75) is 44.2 Å². The Hall–Kier alpha value is -4.94. The van der Waals surface area contributed by atoms with E-state index < -0.39 is 35.4 Å². The minimum atomic E-state index is -4.86. The summed E-state index contributed by atoms with van der Waals surface area (Å²) in [6.07, 6.45) is 0.264. The van der Waals surface area contributed by atoms with E-state index in [1.165, 1.54) is 36.0 Å². The van der Waals surface area contributed by atoms with Crippen molar-refractivity contribution in [1.29, 1.82) is 0 Å². The molecule has 1 aliphatic heterocycles. The maximum absolute atomic E-state index is 13.9. The predicted molar refractivity (Wildman–Crippen MR) is 168 cm³/mol. The third-order valence-electron chi connectivity index (χ3n) is 8.74. The molecule has 13 heteroatoms. The zero-order valence-electron chi connectivity index (χ0n) is 25.5. The number of aryl methyl sites for hydroxylation is 1. The number of anilines is 3. The molecule has 2 aromatic heterocycles. The molecular formula is C34H34F4N6O3. The van der Waals surface area contributed by atoms with Gasteiger partial charge in [0.1, 0.15) is 11.6 Å². The number of carbonyl (C=O) groups is 2. The van der Waals surface area contributed by atoms with Crippen LogP contribution in [0.1, 0.15) is 59.3 Å². The zero-order chi connectivity index (χ0) is 33.0. The number of halogens is 4. The lowest BCUT2D eigenvalue weighted by Gasteiger charge is -2.35. The second-order valence-electron chi connectivity index (χ2n) is 11.9. The number of rotatable bonds is 8.